The number of alkyl halides is 1. The number of carbonyl (C=O) groups is 8. The summed E-state index contributed by atoms with van der Waals surface area (Å²) in [4.78, 5) is 105. The first-order valence-electron chi connectivity index (χ1n) is 40.6. The molecule has 686 valence electrons. The van der Waals surface area contributed by atoms with Crippen LogP contribution in [-0.4, -0.2) is 413 Å². The minimum absolute atomic E-state index is 0.0328. The first-order chi connectivity index (χ1) is 57.5. The summed E-state index contributed by atoms with van der Waals surface area (Å²) < 4.78 is 91.9. The molecule has 15 atom stereocenters. The summed E-state index contributed by atoms with van der Waals surface area (Å²) in [6.45, 7) is 5.94. The van der Waals surface area contributed by atoms with Crippen LogP contribution in [0.3, 0.4) is 0 Å². The fraction of sp³-hybridized carbons (Fsp3) is 0.829. The molecule has 119 heavy (non-hydrogen) atoms. The van der Waals surface area contributed by atoms with Crippen molar-refractivity contribution in [2.24, 2.45) is 0 Å². The van der Waals surface area contributed by atoms with Crippen molar-refractivity contribution in [3.8, 4) is 0 Å². The van der Waals surface area contributed by atoms with Gasteiger partial charge < -0.3 is 164 Å². The van der Waals surface area contributed by atoms with Crippen LogP contribution in [0.25, 0.3) is 0 Å². The molecule has 17 N–H and O–H groups in total. The van der Waals surface area contributed by atoms with Crippen molar-refractivity contribution in [3.63, 3.8) is 0 Å². The lowest BCUT2D eigenvalue weighted by Crippen LogP contribution is -2.63. The fourth-order valence-corrected chi connectivity index (χ4v) is 12.9. The summed E-state index contributed by atoms with van der Waals surface area (Å²) >= 11 is 3.33. The van der Waals surface area contributed by atoms with Crippen LogP contribution in [-0.2, 0) is 115 Å². The molecule has 0 unspecified atom stereocenters. The van der Waals surface area contributed by atoms with Gasteiger partial charge in [-0.05, 0) is 50.7 Å². The van der Waals surface area contributed by atoms with E-state index < -0.39 is 140 Å². The van der Waals surface area contributed by atoms with E-state index in [0.717, 1.165) is 5.69 Å². The van der Waals surface area contributed by atoms with Crippen LogP contribution in [0.5, 0.6) is 0 Å². The number of nitrogens with one attached hydrogen (secondary N) is 8. The Morgan fingerprint density at radius 2 is 0.664 bits per heavy atom. The zero-order valence-electron chi connectivity index (χ0n) is 68.7. The third-order valence-electron chi connectivity index (χ3n) is 18.6. The van der Waals surface area contributed by atoms with Crippen molar-refractivity contribution >= 4 is 63.2 Å². The molecule has 0 aromatic carbocycles. The highest BCUT2D eigenvalue weighted by atomic mass is 79.9. The van der Waals surface area contributed by atoms with Crippen molar-refractivity contribution in [3.05, 3.63) is 29.6 Å². The van der Waals surface area contributed by atoms with Crippen LogP contribution >= 0.6 is 15.9 Å². The highest BCUT2D eigenvalue weighted by Crippen LogP contribution is 2.28. The molecule has 0 bridgehead atoms. The highest BCUT2D eigenvalue weighted by molar-refractivity contribution is 9.08. The number of aliphatic hydroxyl groups excluding tert-OH is 9. The molecule has 3 saturated heterocycles. The number of amides is 8. The van der Waals surface area contributed by atoms with Gasteiger partial charge in [0.1, 0.15) is 60.5 Å². The van der Waals surface area contributed by atoms with Gasteiger partial charge in [0.05, 0.1) is 214 Å². The summed E-state index contributed by atoms with van der Waals surface area (Å²) in [7, 11) is 0. The number of pyridine rings is 1. The molecular formula is C76H132BrN9O33. The first-order valence-corrected chi connectivity index (χ1v) is 41.7. The van der Waals surface area contributed by atoms with Crippen LogP contribution < -0.4 is 42.5 Å². The van der Waals surface area contributed by atoms with Gasteiger partial charge in [-0.1, -0.05) is 15.9 Å². The zero-order valence-corrected chi connectivity index (χ0v) is 70.2. The second kappa shape index (κ2) is 64.2. The Morgan fingerprint density at radius 1 is 0.378 bits per heavy atom. The molecule has 3 aliphatic heterocycles. The number of hydrogen-bond acceptors (Lipinski definition) is 34. The molecule has 0 saturated carbocycles. The van der Waals surface area contributed by atoms with E-state index in [1.165, 1.54) is 20.8 Å². The number of aromatic nitrogens is 1. The number of halogens is 1. The smallest absolute Gasteiger partial charge is 0.251 e. The van der Waals surface area contributed by atoms with E-state index in [2.05, 4.69) is 63.4 Å². The lowest BCUT2D eigenvalue weighted by molar-refractivity contribution is -0.197. The van der Waals surface area contributed by atoms with E-state index in [1.807, 2.05) is 0 Å². The van der Waals surface area contributed by atoms with Crippen LogP contribution in [0, 0.1) is 0 Å². The SMILES string of the molecule is CC(=O)N[C@@H]1[C@@H](O)[C@@H](O)[C@@H](CO)O[C@@H]1CCCOCCOCCNC(=O)CCOCC(COCCC(=O)NCCOCCOCCC[C@H]1O[C@H](CO)[C@H](O)[C@H](O)[C@H]1NC(C)=O)(COCCC(=O)NCCOCCOCCC[C@H]1O[C@H](CO)[C@H](O)[C@H](O)[C@H]1NC(C)=O)NC(=O)CCOCCOCCOCCOCCNC(=O)c1ccnc(CBr)c1. The summed E-state index contributed by atoms with van der Waals surface area (Å²) in [5, 5.41) is 114. The molecule has 1 aromatic heterocycles. The van der Waals surface area contributed by atoms with E-state index >= 15 is 0 Å². The van der Waals surface area contributed by atoms with Gasteiger partial charge in [-0.3, -0.25) is 43.3 Å². The van der Waals surface area contributed by atoms with Crippen molar-refractivity contribution in [1.29, 1.82) is 0 Å². The summed E-state index contributed by atoms with van der Waals surface area (Å²) in [5.41, 5.74) is -0.235. The van der Waals surface area contributed by atoms with E-state index in [1.54, 1.807) is 18.3 Å². The average Bonchev–Trinajstić information content (AvgIpc) is 0.818. The van der Waals surface area contributed by atoms with Crippen molar-refractivity contribution in [1.82, 2.24) is 47.5 Å². The number of aliphatic hydroxyl groups is 9. The lowest BCUT2D eigenvalue weighted by Gasteiger charge is -2.42. The van der Waals surface area contributed by atoms with Gasteiger partial charge >= 0.3 is 0 Å². The number of hydrogen-bond donors (Lipinski definition) is 17. The van der Waals surface area contributed by atoms with Crippen LogP contribution in [0.2, 0.25) is 0 Å². The molecule has 0 radical (unpaired) electrons. The Morgan fingerprint density at radius 3 is 0.975 bits per heavy atom. The predicted octanol–water partition coefficient (Wildman–Crippen LogP) is -6.01. The number of carbonyl (C=O) groups excluding carboxylic acids is 8. The highest BCUT2D eigenvalue weighted by Gasteiger charge is 2.47. The topological polar surface area (TPSA) is 575 Å². The number of rotatable bonds is 69. The van der Waals surface area contributed by atoms with Crippen LogP contribution in [0.1, 0.15) is 101 Å². The molecule has 4 heterocycles. The molecule has 8 amide bonds. The molecular weight excluding hydrogens is 1650 g/mol. The molecule has 3 fully saturated rings. The van der Waals surface area contributed by atoms with Crippen molar-refractivity contribution in [2.75, 3.05) is 218 Å². The molecule has 0 aliphatic carbocycles. The molecule has 1 aromatic rings. The maximum atomic E-state index is 13.9. The molecule has 3 aliphatic rings. The predicted molar refractivity (Wildman–Crippen MR) is 422 cm³/mol. The molecule has 0 spiro atoms. The van der Waals surface area contributed by atoms with Crippen LogP contribution in [0.15, 0.2) is 18.3 Å². The number of ether oxygens (including phenoxy) is 16. The minimum Gasteiger partial charge on any atom is -0.394 e. The van der Waals surface area contributed by atoms with Gasteiger partial charge in [0.15, 0.2) is 0 Å². The Bertz CT molecular complexity index is 2740. The Hall–Kier alpha value is -5.61. The van der Waals surface area contributed by atoms with E-state index in [9.17, 15) is 84.3 Å². The largest absolute Gasteiger partial charge is 0.394 e. The molecule has 4 rings (SSSR count). The third-order valence-corrected chi connectivity index (χ3v) is 19.2. The standard InChI is InChI=1S/C76H132BrN9O33/c1-51(90)83-66-56(117-59(45-87)69(97)72(66)100)7-4-20-104-31-35-108-27-16-79-62(93)11-24-114-48-76(86-65(96)14-23-107-34-39-112-41-42-113-40-38-111-30-19-82-75(103)54-10-15-78-55(43-54)44-77,49-115-25-12-63(94)80-17-28-109-36-32-105-21-5-8-57-67(84-52(2)91)73(101)70(98)60(46-88)118-57)50-116-26-13-64(95)81-18-29-110-37-33-106-22-6-9-58-68(85-53(3)92)74(102)71(99)61(47-89)119-58/h10,15,43,56-61,66-74,87-89,97-102H,4-9,11-14,16-42,44-50H2,1-3H3,(H,79,93)(H,80,94)(H,81,95)(H,82,103)(H,83,90)(H,84,91)(H,85,92)(H,86,96)/t56-,57-,58-,59-,60-,61-,66+,67+,68+,69+,70+,71+,72-,73-,74-/m1/s1. The van der Waals surface area contributed by atoms with Gasteiger partial charge in [0, 0.05) is 110 Å². The Balaban J connectivity index is 1.27. The Labute approximate surface area is 702 Å². The lowest BCUT2D eigenvalue weighted by atomic mass is 9.90. The van der Waals surface area contributed by atoms with E-state index in [4.69, 9.17) is 75.8 Å². The first kappa shape index (κ1) is 106. The molecule has 42 nitrogen and oxygen atoms in total. The van der Waals surface area contributed by atoms with Crippen molar-refractivity contribution in [2.45, 2.75) is 187 Å². The maximum absolute atomic E-state index is 13.9. The molecule has 43 heteroatoms. The quantitative estimate of drug-likeness (QED) is 0.0213. The Kier molecular flexibility index (Phi) is 57.0. The van der Waals surface area contributed by atoms with E-state index in [-0.39, 0.29) is 228 Å². The van der Waals surface area contributed by atoms with Crippen molar-refractivity contribution < 1.29 is 160 Å². The second-order valence-electron chi connectivity index (χ2n) is 28.3. The normalized spacial score (nSPS) is 23.2. The van der Waals surface area contributed by atoms with Gasteiger partial charge in [-0.25, -0.2) is 0 Å². The fourth-order valence-electron chi connectivity index (χ4n) is 12.6. The van der Waals surface area contributed by atoms with Gasteiger partial charge in [0.25, 0.3) is 5.91 Å². The van der Waals surface area contributed by atoms with E-state index in [0.29, 0.717) is 69.2 Å². The van der Waals surface area contributed by atoms with Crippen LogP contribution in [0.4, 0.5) is 0 Å². The van der Waals surface area contributed by atoms with Gasteiger partial charge in [0.2, 0.25) is 41.4 Å². The summed E-state index contributed by atoms with van der Waals surface area (Å²) in [5.74, 6) is -3.14. The maximum Gasteiger partial charge on any atom is 0.251 e. The van der Waals surface area contributed by atoms with Gasteiger partial charge in [-0.15, -0.1) is 0 Å². The average molecular weight is 1780 g/mol. The summed E-state index contributed by atoms with van der Waals surface area (Å²) in [6.07, 6.45) is -9.80. The minimum atomic E-state index is -1.47. The summed E-state index contributed by atoms with van der Waals surface area (Å²) in [6, 6.07) is 0.675. The zero-order chi connectivity index (χ0) is 86.8. The second-order valence-corrected chi connectivity index (χ2v) is 28.9. The third kappa shape index (κ3) is 45.0. The monoisotopic (exact) mass is 1780 g/mol. The van der Waals surface area contributed by atoms with Gasteiger partial charge in [-0.2, -0.15) is 0 Å². The number of nitrogens with zero attached hydrogens (tertiary/aromatic N) is 1.